The van der Waals surface area contributed by atoms with Gasteiger partial charge in [0.05, 0.1) is 16.1 Å². The van der Waals surface area contributed by atoms with Crippen LogP contribution in [0.3, 0.4) is 0 Å². The van der Waals surface area contributed by atoms with Gasteiger partial charge in [-0.15, -0.1) is 0 Å². The van der Waals surface area contributed by atoms with Crippen molar-refractivity contribution in [3.8, 4) is 17.3 Å². The van der Waals surface area contributed by atoms with Gasteiger partial charge in [0, 0.05) is 23.8 Å². The molecule has 4 aromatic rings. The topological polar surface area (TPSA) is 83.1 Å². The van der Waals surface area contributed by atoms with Crippen LogP contribution in [0.2, 0.25) is 0 Å². The maximum Gasteiger partial charge on any atom is 0.332 e. The molecule has 4 rings (SSSR count). The summed E-state index contributed by atoms with van der Waals surface area (Å²) < 4.78 is 7.38. The Bertz CT molecular complexity index is 1040. The van der Waals surface area contributed by atoms with Gasteiger partial charge in [0.15, 0.2) is 0 Å². The predicted molar refractivity (Wildman–Crippen MR) is 92.0 cm³/mol. The zero-order valence-electron chi connectivity index (χ0n) is 12.9. The van der Waals surface area contributed by atoms with Crippen LogP contribution in [0.25, 0.3) is 16.6 Å². The van der Waals surface area contributed by atoms with E-state index in [1.807, 2.05) is 36.5 Å². The lowest BCUT2D eigenvalue weighted by Gasteiger charge is -2.08. The van der Waals surface area contributed by atoms with Crippen LogP contribution in [0, 0.1) is 10.1 Å². The minimum atomic E-state index is -0.493. The van der Waals surface area contributed by atoms with E-state index >= 15 is 0 Å². The largest absolute Gasteiger partial charge is 0.434 e. The molecular formula is C18H12N4O3. The first kappa shape index (κ1) is 14.8. The van der Waals surface area contributed by atoms with E-state index in [2.05, 4.69) is 10.1 Å². The number of para-hydroxylation sites is 1. The molecule has 2 aromatic carbocycles. The third kappa shape index (κ3) is 2.90. The summed E-state index contributed by atoms with van der Waals surface area (Å²) in [4.78, 5) is 15.1. The third-order valence-corrected chi connectivity index (χ3v) is 3.69. The zero-order valence-corrected chi connectivity index (χ0v) is 12.9. The highest BCUT2D eigenvalue weighted by molar-refractivity contribution is 5.82. The summed E-state index contributed by atoms with van der Waals surface area (Å²) in [5, 5.41) is 16.2. The zero-order chi connectivity index (χ0) is 17.2. The normalized spacial score (nSPS) is 10.7. The molecule has 0 spiro atoms. The van der Waals surface area contributed by atoms with E-state index < -0.39 is 4.92 Å². The van der Waals surface area contributed by atoms with E-state index in [1.54, 1.807) is 35.1 Å². The summed E-state index contributed by atoms with van der Waals surface area (Å²) in [5.74, 6) is 0.428. The van der Waals surface area contributed by atoms with Gasteiger partial charge in [0.25, 0.3) is 5.88 Å². The van der Waals surface area contributed by atoms with Crippen molar-refractivity contribution in [2.75, 3.05) is 0 Å². The van der Waals surface area contributed by atoms with Gasteiger partial charge in [0.2, 0.25) is 0 Å². The third-order valence-electron chi connectivity index (χ3n) is 3.69. The molecule has 0 aliphatic carbocycles. The number of nitro groups is 1. The summed E-state index contributed by atoms with van der Waals surface area (Å²) >= 11 is 0. The maximum atomic E-state index is 11.3. The number of fused-ring (bicyclic) bond motifs is 1. The molecule has 0 aliphatic rings. The van der Waals surface area contributed by atoms with E-state index in [9.17, 15) is 10.1 Å². The molecule has 0 fully saturated rings. The van der Waals surface area contributed by atoms with Crippen LogP contribution >= 0.6 is 0 Å². The molecule has 2 aromatic heterocycles. The molecule has 0 saturated carbocycles. The number of pyridine rings is 1. The van der Waals surface area contributed by atoms with Crippen molar-refractivity contribution in [3.63, 3.8) is 0 Å². The van der Waals surface area contributed by atoms with Crippen molar-refractivity contribution in [1.29, 1.82) is 0 Å². The van der Waals surface area contributed by atoms with Gasteiger partial charge in [0.1, 0.15) is 5.75 Å². The van der Waals surface area contributed by atoms with Crippen LogP contribution in [0.15, 0.2) is 73.1 Å². The standard InChI is InChI=1S/C18H12N4O3/c23-22(24)17-12-13-4-1-2-5-16(13)20-18(17)25-15-8-6-14(7-9-15)21-11-3-10-19-21/h1-12H. The first-order valence-corrected chi connectivity index (χ1v) is 7.53. The van der Waals surface area contributed by atoms with Crippen LogP contribution in [0.4, 0.5) is 5.69 Å². The van der Waals surface area contributed by atoms with Crippen LogP contribution in [0.5, 0.6) is 11.6 Å². The molecule has 7 heteroatoms. The van der Waals surface area contributed by atoms with Gasteiger partial charge in [-0.25, -0.2) is 9.67 Å². The molecule has 25 heavy (non-hydrogen) atoms. The number of hydrogen-bond donors (Lipinski definition) is 0. The second-order valence-electron chi connectivity index (χ2n) is 5.31. The summed E-state index contributed by atoms with van der Waals surface area (Å²) in [6.07, 6.45) is 3.51. The van der Waals surface area contributed by atoms with Crippen molar-refractivity contribution in [1.82, 2.24) is 14.8 Å². The Morgan fingerprint density at radius 2 is 1.84 bits per heavy atom. The minimum Gasteiger partial charge on any atom is -0.434 e. The number of benzene rings is 2. The fraction of sp³-hybridized carbons (Fsp3) is 0. The number of hydrogen-bond acceptors (Lipinski definition) is 5. The lowest BCUT2D eigenvalue weighted by molar-refractivity contribution is -0.385. The Morgan fingerprint density at radius 3 is 2.56 bits per heavy atom. The van der Waals surface area contributed by atoms with E-state index in [-0.39, 0.29) is 11.6 Å². The highest BCUT2D eigenvalue weighted by atomic mass is 16.6. The van der Waals surface area contributed by atoms with E-state index in [0.717, 1.165) is 5.69 Å². The molecule has 2 heterocycles. The summed E-state index contributed by atoms with van der Waals surface area (Å²) in [6.45, 7) is 0. The molecule has 0 atom stereocenters. The van der Waals surface area contributed by atoms with Crippen LogP contribution < -0.4 is 4.74 Å². The Balaban J connectivity index is 1.70. The van der Waals surface area contributed by atoms with Gasteiger partial charge in [-0.2, -0.15) is 5.10 Å². The summed E-state index contributed by atoms with van der Waals surface area (Å²) in [7, 11) is 0. The van der Waals surface area contributed by atoms with E-state index in [4.69, 9.17) is 4.74 Å². The first-order chi connectivity index (χ1) is 12.2. The van der Waals surface area contributed by atoms with Crippen LogP contribution in [-0.4, -0.2) is 19.7 Å². The monoisotopic (exact) mass is 332 g/mol. The van der Waals surface area contributed by atoms with E-state index in [1.165, 1.54) is 6.07 Å². The second-order valence-corrected chi connectivity index (χ2v) is 5.31. The molecule has 0 aliphatic heterocycles. The average Bonchev–Trinajstić information content (AvgIpc) is 3.16. The molecule has 7 nitrogen and oxygen atoms in total. The lowest BCUT2D eigenvalue weighted by atomic mass is 10.2. The Kier molecular flexibility index (Phi) is 3.59. The van der Waals surface area contributed by atoms with Crippen LogP contribution in [0.1, 0.15) is 0 Å². The van der Waals surface area contributed by atoms with Crippen molar-refractivity contribution in [2.45, 2.75) is 0 Å². The van der Waals surface area contributed by atoms with Crippen molar-refractivity contribution >= 4 is 16.6 Å². The number of ether oxygens (including phenoxy) is 1. The number of nitrogens with zero attached hydrogens (tertiary/aromatic N) is 4. The Hall–Kier alpha value is -3.74. The molecular weight excluding hydrogens is 320 g/mol. The molecule has 0 radical (unpaired) electrons. The summed E-state index contributed by atoms with van der Waals surface area (Å²) in [6, 6.07) is 17.6. The van der Waals surface area contributed by atoms with E-state index in [0.29, 0.717) is 16.7 Å². The second kappa shape index (κ2) is 6.04. The Morgan fingerprint density at radius 1 is 1.04 bits per heavy atom. The predicted octanol–water partition coefficient (Wildman–Crippen LogP) is 4.12. The molecule has 0 N–H and O–H groups in total. The lowest BCUT2D eigenvalue weighted by Crippen LogP contribution is -1.97. The highest BCUT2D eigenvalue weighted by Gasteiger charge is 2.19. The fourth-order valence-corrected chi connectivity index (χ4v) is 2.49. The molecule has 0 saturated heterocycles. The molecule has 0 bridgehead atoms. The number of aromatic nitrogens is 3. The molecule has 0 unspecified atom stereocenters. The first-order valence-electron chi connectivity index (χ1n) is 7.53. The number of rotatable bonds is 4. The van der Waals surface area contributed by atoms with Crippen molar-refractivity contribution in [2.24, 2.45) is 0 Å². The minimum absolute atomic E-state index is 0.0319. The van der Waals surface area contributed by atoms with Crippen molar-refractivity contribution in [3.05, 3.63) is 83.2 Å². The highest BCUT2D eigenvalue weighted by Crippen LogP contribution is 2.32. The fourth-order valence-electron chi connectivity index (χ4n) is 2.49. The maximum absolute atomic E-state index is 11.3. The SMILES string of the molecule is O=[N+]([O-])c1cc2ccccc2nc1Oc1ccc(-n2cccn2)cc1. The van der Waals surface area contributed by atoms with Gasteiger partial charge in [-0.1, -0.05) is 18.2 Å². The quantitative estimate of drug-likeness (QED) is 0.414. The van der Waals surface area contributed by atoms with Gasteiger partial charge >= 0.3 is 5.69 Å². The van der Waals surface area contributed by atoms with Crippen LogP contribution in [-0.2, 0) is 0 Å². The van der Waals surface area contributed by atoms with Gasteiger partial charge in [-0.05, 0) is 36.4 Å². The van der Waals surface area contributed by atoms with Gasteiger partial charge in [-0.3, -0.25) is 10.1 Å². The summed E-state index contributed by atoms with van der Waals surface area (Å²) in [5.41, 5.74) is 1.32. The Labute approximate surface area is 142 Å². The molecule has 0 amide bonds. The van der Waals surface area contributed by atoms with Gasteiger partial charge < -0.3 is 4.74 Å². The smallest absolute Gasteiger partial charge is 0.332 e. The molecule has 122 valence electrons. The van der Waals surface area contributed by atoms with Crippen molar-refractivity contribution < 1.29 is 9.66 Å². The average molecular weight is 332 g/mol.